The van der Waals surface area contributed by atoms with Crippen molar-refractivity contribution < 1.29 is 22.7 Å². The van der Waals surface area contributed by atoms with Gasteiger partial charge in [0, 0.05) is 43.7 Å². The van der Waals surface area contributed by atoms with E-state index in [2.05, 4.69) is 15.9 Å². The molecule has 1 fully saturated rings. The van der Waals surface area contributed by atoms with Crippen molar-refractivity contribution in [2.45, 2.75) is 20.3 Å². The molecule has 8 nitrogen and oxygen atoms in total. The number of carbonyl (C=O) groups excluding carboxylic acids is 1. The number of ether oxygens (including phenoxy) is 2. The Labute approximate surface area is 174 Å². The molecule has 3 rings (SSSR count). The van der Waals surface area contributed by atoms with Crippen molar-refractivity contribution in [2.24, 2.45) is 0 Å². The van der Waals surface area contributed by atoms with Crippen LogP contribution in [0.25, 0.3) is 0 Å². The van der Waals surface area contributed by atoms with Gasteiger partial charge >= 0.3 is 0 Å². The second kappa shape index (κ2) is 8.98. The molecule has 0 aromatic heterocycles. The van der Waals surface area contributed by atoms with Crippen molar-refractivity contribution in [3.63, 3.8) is 0 Å². The van der Waals surface area contributed by atoms with Gasteiger partial charge in [0.05, 0.1) is 6.42 Å². The average Bonchev–Trinajstić information content (AvgIpc) is 2.69. The lowest BCUT2D eigenvalue weighted by Gasteiger charge is -2.36. The van der Waals surface area contributed by atoms with E-state index in [1.54, 1.807) is 4.90 Å². The SMILES string of the molecule is CCN(CC)S(=O)(=O)N1CCN(C(=O)Cc2cc3c(cc2Br)OCCO3)CC1. The summed E-state index contributed by atoms with van der Waals surface area (Å²) in [4.78, 5) is 14.5. The van der Waals surface area contributed by atoms with Gasteiger partial charge in [0.1, 0.15) is 13.2 Å². The number of fused-ring (bicyclic) bond motifs is 1. The first kappa shape index (κ1) is 21.4. The second-order valence-corrected chi connectivity index (χ2v) is 9.42. The number of halogens is 1. The number of piperazine rings is 1. The molecule has 0 atom stereocenters. The Hall–Kier alpha value is -1.36. The molecule has 1 aromatic carbocycles. The zero-order valence-electron chi connectivity index (χ0n) is 16.2. The van der Waals surface area contributed by atoms with Crippen LogP contribution >= 0.6 is 15.9 Å². The van der Waals surface area contributed by atoms with Crippen LogP contribution in [0, 0.1) is 0 Å². The Kier molecular flexibility index (Phi) is 6.85. The molecule has 0 radical (unpaired) electrons. The number of benzene rings is 1. The van der Waals surface area contributed by atoms with Crippen LogP contribution < -0.4 is 9.47 Å². The first-order chi connectivity index (χ1) is 13.4. The highest BCUT2D eigenvalue weighted by atomic mass is 79.9. The van der Waals surface area contributed by atoms with Gasteiger partial charge in [-0.05, 0) is 17.7 Å². The van der Waals surface area contributed by atoms with Crippen LogP contribution in [0.3, 0.4) is 0 Å². The fourth-order valence-electron chi connectivity index (χ4n) is 3.40. The van der Waals surface area contributed by atoms with Crippen LogP contribution in [0.15, 0.2) is 16.6 Å². The van der Waals surface area contributed by atoms with Crippen LogP contribution in [0.5, 0.6) is 11.5 Å². The molecule has 0 aliphatic carbocycles. The maximum Gasteiger partial charge on any atom is 0.282 e. The molecule has 0 N–H and O–H groups in total. The highest BCUT2D eigenvalue weighted by Gasteiger charge is 2.32. The summed E-state index contributed by atoms with van der Waals surface area (Å²) in [5.41, 5.74) is 0.826. The van der Waals surface area contributed by atoms with Gasteiger partial charge in [-0.1, -0.05) is 29.8 Å². The maximum atomic E-state index is 12.7. The molecule has 2 heterocycles. The Morgan fingerprint density at radius 1 is 1.07 bits per heavy atom. The highest BCUT2D eigenvalue weighted by molar-refractivity contribution is 9.10. The van der Waals surface area contributed by atoms with E-state index in [-0.39, 0.29) is 12.3 Å². The van der Waals surface area contributed by atoms with Crippen molar-refractivity contribution in [3.8, 4) is 11.5 Å². The summed E-state index contributed by atoms with van der Waals surface area (Å²) in [6.07, 6.45) is 0.222. The summed E-state index contributed by atoms with van der Waals surface area (Å²) in [6.45, 7) is 6.94. The zero-order valence-corrected chi connectivity index (χ0v) is 18.6. The van der Waals surface area contributed by atoms with Crippen LogP contribution in [-0.2, 0) is 21.4 Å². The van der Waals surface area contributed by atoms with Crippen molar-refractivity contribution in [3.05, 3.63) is 22.2 Å². The summed E-state index contributed by atoms with van der Waals surface area (Å²) in [5, 5.41) is 0. The van der Waals surface area contributed by atoms with Gasteiger partial charge in [-0.2, -0.15) is 17.0 Å². The number of amides is 1. The van der Waals surface area contributed by atoms with Crippen molar-refractivity contribution in [1.82, 2.24) is 13.5 Å². The maximum absolute atomic E-state index is 12.7. The summed E-state index contributed by atoms with van der Waals surface area (Å²) in [7, 11) is -3.46. The molecular formula is C18H26BrN3O5S. The molecule has 0 spiro atoms. The number of rotatable bonds is 6. The van der Waals surface area contributed by atoms with Gasteiger partial charge in [0.15, 0.2) is 11.5 Å². The quantitative estimate of drug-likeness (QED) is 0.622. The molecule has 1 aromatic rings. The van der Waals surface area contributed by atoms with Crippen LogP contribution in [0.4, 0.5) is 0 Å². The molecule has 2 aliphatic rings. The van der Waals surface area contributed by atoms with E-state index in [9.17, 15) is 13.2 Å². The van der Waals surface area contributed by atoms with Crippen molar-refractivity contribution >= 4 is 32.0 Å². The summed E-state index contributed by atoms with van der Waals surface area (Å²) in [6, 6.07) is 3.66. The van der Waals surface area contributed by atoms with Gasteiger partial charge in [-0.25, -0.2) is 0 Å². The molecule has 0 saturated carbocycles. The smallest absolute Gasteiger partial charge is 0.282 e. The molecule has 28 heavy (non-hydrogen) atoms. The Bertz CT molecular complexity index is 821. The molecule has 10 heteroatoms. The molecular weight excluding hydrogens is 450 g/mol. The summed E-state index contributed by atoms with van der Waals surface area (Å²) in [5.74, 6) is 1.29. The third-order valence-corrected chi connectivity index (χ3v) is 7.93. The second-order valence-electron chi connectivity index (χ2n) is 6.64. The van der Waals surface area contributed by atoms with Crippen molar-refractivity contribution in [2.75, 3.05) is 52.5 Å². The molecule has 0 bridgehead atoms. The first-order valence-corrected chi connectivity index (χ1v) is 11.7. The van der Waals surface area contributed by atoms with Crippen LogP contribution in [0.1, 0.15) is 19.4 Å². The Morgan fingerprint density at radius 2 is 1.64 bits per heavy atom. The number of hydrogen-bond acceptors (Lipinski definition) is 5. The van der Waals surface area contributed by atoms with Gasteiger partial charge in [-0.3, -0.25) is 4.79 Å². The topological polar surface area (TPSA) is 79.4 Å². The molecule has 1 amide bonds. The standard InChI is InChI=1S/C18H26BrN3O5S/c1-3-21(4-2)28(24,25)22-7-5-20(6-8-22)18(23)12-14-11-16-17(13-15(14)19)27-10-9-26-16/h11,13H,3-10,12H2,1-2H3. The predicted octanol–water partition coefficient (Wildman–Crippen LogP) is 1.49. The Balaban J connectivity index is 1.62. The molecule has 0 unspecified atom stereocenters. The fourth-order valence-corrected chi connectivity index (χ4v) is 5.46. The van der Waals surface area contributed by atoms with E-state index in [1.165, 1.54) is 8.61 Å². The Morgan fingerprint density at radius 3 is 2.21 bits per heavy atom. The van der Waals surface area contributed by atoms with E-state index >= 15 is 0 Å². The van der Waals surface area contributed by atoms with Gasteiger partial charge in [0.25, 0.3) is 10.2 Å². The fraction of sp³-hybridized carbons (Fsp3) is 0.611. The molecule has 1 saturated heterocycles. The van der Waals surface area contributed by atoms with E-state index in [4.69, 9.17) is 9.47 Å². The lowest BCUT2D eigenvalue weighted by atomic mass is 10.1. The van der Waals surface area contributed by atoms with E-state index in [0.29, 0.717) is 64.0 Å². The minimum absolute atomic E-state index is 0.0303. The molecule has 156 valence electrons. The van der Waals surface area contributed by atoms with E-state index in [1.807, 2.05) is 26.0 Å². The van der Waals surface area contributed by atoms with E-state index < -0.39 is 10.2 Å². The summed E-state index contributed by atoms with van der Waals surface area (Å²) < 4.78 is 40.1. The predicted molar refractivity (Wildman–Crippen MR) is 109 cm³/mol. The summed E-state index contributed by atoms with van der Waals surface area (Å²) >= 11 is 3.50. The third kappa shape index (κ3) is 4.45. The first-order valence-electron chi connectivity index (χ1n) is 9.47. The third-order valence-electron chi connectivity index (χ3n) is 5.00. The lowest BCUT2D eigenvalue weighted by molar-refractivity contribution is -0.131. The zero-order chi connectivity index (χ0) is 20.3. The minimum Gasteiger partial charge on any atom is -0.486 e. The van der Waals surface area contributed by atoms with Crippen molar-refractivity contribution in [1.29, 1.82) is 0 Å². The monoisotopic (exact) mass is 475 g/mol. The van der Waals surface area contributed by atoms with Gasteiger partial charge in [0.2, 0.25) is 5.91 Å². The largest absolute Gasteiger partial charge is 0.486 e. The normalized spacial score (nSPS) is 17.8. The van der Waals surface area contributed by atoms with Crippen LogP contribution in [-0.4, -0.2) is 80.3 Å². The average molecular weight is 476 g/mol. The van der Waals surface area contributed by atoms with Gasteiger partial charge < -0.3 is 14.4 Å². The van der Waals surface area contributed by atoms with Gasteiger partial charge in [-0.15, -0.1) is 0 Å². The lowest BCUT2D eigenvalue weighted by Crippen LogP contribution is -2.54. The number of carbonyl (C=O) groups is 1. The molecule has 2 aliphatic heterocycles. The minimum atomic E-state index is -3.46. The number of nitrogens with zero attached hydrogens (tertiary/aromatic N) is 3. The highest BCUT2D eigenvalue weighted by Crippen LogP contribution is 2.35. The van der Waals surface area contributed by atoms with Crippen LogP contribution in [0.2, 0.25) is 0 Å². The van der Waals surface area contributed by atoms with E-state index in [0.717, 1.165) is 10.0 Å². The number of hydrogen-bond donors (Lipinski definition) is 0.